The van der Waals surface area contributed by atoms with Gasteiger partial charge in [-0.05, 0) is 30.5 Å². The first kappa shape index (κ1) is 19.4. The molecule has 8 nitrogen and oxygen atoms in total. The highest BCUT2D eigenvalue weighted by Gasteiger charge is 2.27. The highest BCUT2D eigenvalue weighted by molar-refractivity contribution is 5.51. The number of aromatic nitrogens is 5. The van der Waals surface area contributed by atoms with Crippen LogP contribution in [0.3, 0.4) is 0 Å². The van der Waals surface area contributed by atoms with E-state index < -0.39 is 0 Å². The minimum atomic E-state index is -0.0515. The van der Waals surface area contributed by atoms with Crippen LogP contribution in [0.4, 0.5) is 0 Å². The molecule has 1 aliphatic heterocycles. The molecule has 8 heteroatoms. The summed E-state index contributed by atoms with van der Waals surface area (Å²) in [5.41, 5.74) is 4.92. The van der Waals surface area contributed by atoms with Gasteiger partial charge < -0.3 is 14.0 Å². The fourth-order valence-corrected chi connectivity index (χ4v) is 3.77. The topological polar surface area (TPSA) is 88.1 Å². The zero-order valence-corrected chi connectivity index (χ0v) is 17.5. The van der Waals surface area contributed by atoms with Crippen molar-refractivity contribution in [3.8, 4) is 17.3 Å². The Hall–Kier alpha value is -3.52. The van der Waals surface area contributed by atoms with Crippen LogP contribution in [0.5, 0.6) is 5.75 Å². The summed E-state index contributed by atoms with van der Waals surface area (Å²) in [6.45, 7) is 3.07. The van der Waals surface area contributed by atoms with Crippen LogP contribution < -0.4 is 4.74 Å². The van der Waals surface area contributed by atoms with E-state index >= 15 is 0 Å². The maximum Gasteiger partial charge on any atom is 0.227 e. The monoisotopic (exact) mass is 417 g/mol. The van der Waals surface area contributed by atoms with Crippen LogP contribution in [0.15, 0.2) is 53.1 Å². The normalized spacial score (nSPS) is 15.6. The van der Waals surface area contributed by atoms with Gasteiger partial charge in [0.05, 0.1) is 26.0 Å². The molecule has 0 amide bonds. The fourth-order valence-electron chi connectivity index (χ4n) is 3.77. The molecule has 0 saturated heterocycles. The lowest BCUT2D eigenvalue weighted by Gasteiger charge is -2.24. The Morgan fingerprint density at radius 1 is 1.10 bits per heavy atom. The number of ether oxygens (including phenoxy) is 2. The molecular weight excluding hydrogens is 394 g/mol. The van der Waals surface area contributed by atoms with Crippen LogP contribution in [0.1, 0.15) is 34.4 Å². The largest absolute Gasteiger partial charge is 0.496 e. The number of rotatable bonds is 6. The fraction of sp³-hybridized carbons (Fsp3) is 0.304. The lowest BCUT2D eigenvalue weighted by molar-refractivity contribution is -0.00112. The molecule has 0 bridgehead atoms. The molecule has 0 spiro atoms. The third kappa shape index (κ3) is 3.94. The number of aryl methyl sites for hydroxylation is 3. The number of benzene rings is 2. The molecule has 2 aromatic carbocycles. The molecule has 158 valence electrons. The molecule has 0 fully saturated rings. The van der Waals surface area contributed by atoms with Crippen molar-refractivity contribution in [3.05, 3.63) is 76.8 Å². The summed E-state index contributed by atoms with van der Waals surface area (Å²) in [6, 6.07) is 16.3. The van der Waals surface area contributed by atoms with E-state index in [2.05, 4.69) is 51.6 Å². The highest BCUT2D eigenvalue weighted by atomic mass is 16.5. The summed E-state index contributed by atoms with van der Waals surface area (Å²) >= 11 is 0. The Labute approximate surface area is 179 Å². The van der Waals surface area contributed by atoms with Gasteiger partial charge in [-0.15, -0.1) is 5.10 Å². The van der Waals surface area contributed by atoms with Gasteiger partial charge in [-0.2, -0.15) is 4.98 Å². The van der Waals surface area contributed by atoms with Crippen molar-refractivity contribution < 1.29 is 14.0 Å². The lowest BCUT2D eigenvalue weighted by atomic mass is 10.1. The first-order chi connectivity index (χ1) is 15.2. The standard InChI is InChI=1S/C23H23N5O3/c1-15-7-9-17(10-8-15)20-13-28-18(14-30-20)22(25-27-28)23-24-21(31-26-23)12-11-16-5-3-4-6-19(16)29-2/h3-10,20H,11-14H2,1-2H3. The first-order valence-corrected chi connectivity index (χ1v) is 10.3. The quantitative estimate of drug-likeness (QED) is 0.473. The van der Waals surface area contributed by atoms with Gasteiger partial charge >= 0.3 is 0 Å². The molecule has 0 saturated carbocycles. The molecule has 3 heterocycles. The molecule has 1 unspecified atom stereocenters. The molecule has 0 aliphatic carbocycles. The van der Waals surface area contributed by atoms with Gasteiger partial charge in [0.25, 0.3) is 0 Å². The summed E-state index contributed by atoms with van der Waals surface area (Å²) < 4.78 is 18.8. The molecular formula is C23H23N5O3. The van der Waals surface area contributed by atoms with E-state index in [4.69, 9.17) is 14.0 Å². The van der Waals surface area contributed by atoms with Crippen molar-refractivity contribution in [2.24, 2.45) is 0 Å². The molecule has 0 N–H and O–H groups in total. The second kappa shape index (κ2) is 8.31. The van der Waals surface area contributed by atoms with Crippen LogP contribution in [-0.2, 0) is 30.7 Å². The van der Waals surface area contributed by atoms with Crippen LogP contribution in [0, 0.1) is 6.92 Å². The number of para-hydroxylation sites is 1. The summed E-state index contributed by atoms with van der Waals surface area (Å²) in [7, 11) is 1.67. The summed E-state index contributed by atoms with van der Waals surface area (Å²) in [6.07, 6.45) is 1.30. The van der Waals surface area contributed by atoms with Gasteiger partial charge in [-0.1, -0.05) is 58.4 Å². The van der Waals surface area contributed by atoms with E-state index in [-0.39, 0.29) is 6.10 Å². The Morgan fingerprint density at radius 3 is 2.77 bits per heavy atom. The van der Waals surface area contributed by atoms with Crippen molar-refractivity contribution >= 4 is 0 Å². The summed E-state index contributed by atoms with van der Waals surface area (Å²) in [5.74, 6) is 1.85. The Balaban J connectivity index is 1.29. The predicted octanol–water partition coefficient (Wildman–Crippen LogP) is 3.70. The number of hydrogen-bond donors (Lipinski definition) is 0. The van der Waals surface area contributed by atoms with E-state index in [0.29, 0.717) is 37.0 Å². The van der Waals surface area contributed by atoms with E-state index in [1.807, 2.05) is 28.9 Å². The molecule has 1 aliphatic rings. The predicted molar refractivity (Wildman–Crippen MR) is 112 cm³/mol. The average Bonchev–Trinajstić information content (AvgIpc) is 3.44. The smallest absolute Gasteiger partial charge is 0.227 e. The molecule has 5 rings (SSSR count). The van der Waals surface area contributed by atoms with Crippen LogP contribution >= 0.6 is 0 Å². The van der Waals surface area contributed by atoms with E-state index in [0.717, 1.165) is 29.0 Å². The third-order valence-electron chi connectivity index (χ3n) is 5.53. The SMILES string of the molecule is COc1ccccc1CCc1nc(-c2nnn3c2COC(c2ccc(C)cc2)C3)no1. The van der Waals surface area contributed by atoms with Gasteiger partial charge in [-0.3, -0.25) is 0 Å². The number of methoxy groups -OCH3 is 1. The van der Waals surface area contributed by atoms with Crippen molar-refractivity contribution in [2.45, 2.75) is 39.0 Å². The van der Waals surface area contributed by atoms with E-state index in [1.165, 1.54) is 5.56 Å². The third-order valence-corrected chi connectivity index (χ3v) is 5.53. The van der Waals surface area contributed by atoms with Crippen molar-refractivity contribution in [2.75, 3.05) is 7.11 Å². The molecule has 31 heavy (non-hydrogen) atoms. The van der Waals surface area contributed by atoms with Crippen LogP contribution in [0.2, 0.25) is 0 Å². The number of nitrogens with zero attached hydrogens (tertiary/aromatic N) is 5. The van der Waals surface area contributed by atoms with Crippen LogP contribution in [-0.4, -0.2) is 32.2 Å². The van der Waals surface area contributed by atoms with Crippen LogP contribution in [0.25, 0.3) is 11.5 Å². The minimum absolute atomic E-state index is 0.0515. The zero-order chi connectivity index (χ0) is 21.2. The van der Waals surface area contributed by atoms with Gasteiger partial charge in [0.15, 0.2) is 5.69 Å². The van der Waals surface area contributed by atoms with Gasteiger partial charge in [0.2, 0.25) is 11.7 Å². The molecule has 4 aromatic rings. The zero-order valence-electron chi connectivity index (χ0n) is 17.5. The Morgan fingerprint density at radius 2 is 1.94 bits per heavy atom. The van der Waals surface area contributed by atoms with E-state index in [1.54, 1.807) is 7.11 Å². The summed E-state index contributed by atoms with van der Waals surface area (Å²) in [5, 5.41) is 12.7. The Bertz CT molecular complexity index is 1180. The maximum absolute atomic E-state index is 6.09. The van der Waals surface area contributed by atoms with Gasteiger partial charge in [0, 0.05) is 6.42 Å². The second-order valence-corrected chi connectivity index (χ2v) is 7.60. The first-order valence-electron chi connectivity index (χ1n) is 10.3. The molecule has 2 aromatic heterocycles. The van der Waals surface area contributed by atoms with Crippen molar-refractivity contribution in [1.82, 2.24) is 25.1 Å². The van der Waals surface area contributed by atoms with E-state index in [9.17, 15) is 0 Å². The number of fused-ring (bicyclic) bond motifs is 1. The maximum atomic E-state index is 6.09. The second-order valence-electron chi connectivity index (χ2n) is 7.60. The number of hydrogen-bond acceptors (Lipinski definition) is 7. The lowest BCUT2D eigenvalue weighted by Crippen LogP contribution is -2.22. The van der Waals surface area contributed by atoms with Gasteiger partial charge in [-0.25, -0.2) is 4.68 Å². The van der Waals surface area contributed by atoms with Crippen molar-refractivity contribution in [1.29, 1.82) is 0 Å². The Kier molecular flexibility index (Phi) is 5.21. The summed E-state index contributed by atoms with van der Waals surface area (Å²) in [4.78, 5) is 4.53. The average molecular weight is 417 g/mol. The molecule has 1 atom stereocenters. The highest BCUT2D eigenvalue weighted by Crippen LogP contribution is 2.30. The minimum Gasteiger partial charge on any atom is -0.496 e. The van der Waals surface area contributed by atoms with Gasteiger partial charge in [0.1, 0.15) is 11.9 Å². The van der Waals surface area contributed by atoms with Crippen molar-refractivity contribution in [3.63, 3.8) is 0 Å². The molecule has 0 radical (unpaired) electrons.